The molecule has 19 heavy (non-hydrogen) atoms. The van der Waals surface area contributed by atoms with Gasteiger partial charge < -0.3 is 10.3 Å². The van der Waals surface area contributed by atoms with E-state index in [1.165, 1.54) is 69.4 Å². The molecule has 1 saturated carbocycles. The topological polar surface area (TPSA) is 43.8 Å². The maximum Gasteiger partial charge on any atom is 0.112 e. The minimum absolute atomic E-state index is 0.734. The molecule has 0 atom stereocenters. The van der Waals surface area contributed by atoms with Gasteiger partial charge in [-0.25, -0.2) is 4.98 Å². The lowest BCUT2D eigenvalue weighted by atomic mass is 9.88. The van der Waals surface area contributed by atoms with Gasteiger partial charge in [-0.2, -0.15) is 0 Å². The Hall–Kier alpha value is -0.830. The lowest BCUT2D eigenvalue weighted by Crippen LogP contribution is -2.17. The van der Waals surface area contributed by atoms with E-state index in [0.29, 0.717) is 0 Å². The Bertz CT molecular complexity index is 416. The van der Waals surface area contributed by atoms with E-state index >= 15 is 0 Å². The van der Waals surface area contributed by atoms with Crippen LogP contribution in [0.2, 0.25) is 0 Å². The zero-order chi connectivity index (χ0) is 13.1. The highest BCUT2D eigenvalue weighted by Crippen LogP contribution is 2.35. The zero-order valence-electron chi connectivity index (χ0n) is 12.0. The number of nitrogens with zero attached hydrogens (tertiary/aromatic N) is 2. The highest BCUT2D eigenvalue weighted by atomic mass is 15.1. The maximum atomic E-state index is 5.67. The molecule has 1 aliphatic heterocycles. The summed E-state index contributed by atoms with van der Waals surface area (Å²) in [5.41, 5.74) is 8.58. The summed E-state index contributed by atoms with van der Waals surface area (Å²) in [5.74, 6) is 2.15. The number of aryl methyl sites for hydroxylation is 1. The lowest BCUT2D eigenvalue weighted by molar-refractivity contribution is 0.403. The molecule has 0 aromatic carbocycles. The maximum absolute atomic E-state index is 5.67. The molecule has 0 amide bonds. The van der Waals surface area contributed by atoms with Crippen LogP contribution in [0.3, 0.4) is 0 Å². The Morgan fingerprint density at radius 2 is 1.95 bits per heavy atom. The molecule has 0 saturated heterocycles. The number of aromatic nitrogens is 2. The van der Waals surface area contributed by atoms with Crippen molar-refractivity contribution in [3.8, 4) is 0 Å². The van der Waals surface area contributed by atoms with E-state index in [1.54, 1.807) is 5.69 Å². The van der Waals surface area contributed by atoms with Gasteiger partial charge in [0.2, 0.25) is 0 Å². The Labute approximate surface area is 116 Å². The van der Waals surface area contributed by atoms with Crippen molar-refractivity contribution in [1.82, 2.24) is 9.55 Å². The van der Waals surface area contributed by atoms with Gasteiger partial charge in [0.15, 0.2) is 0 Å². The van der Waals surface area contributed by atoms with Crippen LogP contribution in [0, 0.1) is 0 Å². The highest BCUT2D eigenvalue weighted by molar-refractivity contribution is 5.22. The number of hydrogen-bond acceptors (Lipinski definition) is 2. The number of imidazole rings is 1. The van der Waals surface area contributed by atoms with Gasteiger partial charge in [0.25, 0.3) is 0 Å². The van der Waals surface area contributed by atoms with Gasteiger partial charge in [-0.05, 0) is 51.5 Å². The van der Waals surface area contributed by atoms with Crippen molar-refractivity contribution in [2.45, 2.75) is 76.7 Å². The minimum Gasteiger partial charge on any atom is -0.332 e. The average Bonchev–Trinajstić information content (AvgIpc) is 2.85. The van der Waals surface area contributed by atoms with E-state index in [9.17, 15) is 0 Å². The normalized spacial score (nSPS) is 20.5. The predicted octanol–water partition coefficient (Wildman–Crippen LogP) is 3.16. The number of rotatable bonds is 4. The van der Waals surface area contributed by atoms with Gasteiger partial charge in [0, 0.05) is 18.2 Å². The van der Waals surface area contributed by atoms with E-state index in [1.807, 2.05) is 0 Å². The molecule has 2 heterocycles. The molecule has 1 fully saturated rings. The summed E-state index contributed by atoms with van der Waals surface area (Å²) in [5, 5.41) is 0. The molecule has 1 aliphatic carbocycles. The van der Waals surface area contributed by atoms with Crippen molar-refractivity contribution in [3.63, 3.8) is 0 Å². The van der Waals surface area contributed by atoms with Gasteiger partial charge in [-0.3, -0.25) is 0 Å². The van der Waals surface area contributed by atoms with Crippen molar-refractivity contribution in [3.05, 3.63) is 17.2 Å². The number of nitrogens with two attached hydrogens (primary N) is 1. The first-order valence-corrected chi connectivity index (χ1v) is 8.18. The van der Waals surface area contributed by atoms with E-state index in [-0.39, 0.29) is 0 Å². The Morgan fingerprint density at radius 3 is 2.74 bits per heavy atom. The minimum atomic E-state index is 0.734. The van der Waals surface area contributed by atoms with E-state index in [0.717, 1.165) is 25.3 Å². The molecule has 0 radical (unpaired) electrons. The fourth-order valence-electron chi connectivity index (χ4n) is 3.79. The Morgan fingerprint density at radius 1 is 1.11 bits per heavy atom. The van der Waals surface area contributed by atoms with Crippen LogP contribution in [0.25, 0.3) is 0 Å². The highest BCUT2D eigenvalue weighted by Gasteiger charge is 2.25. The second-order valence-corrected chi connectivity index (χ2v) is 6.20. The van der Waals surface area contributed by atoms with Crippen molar-refractivity contribution < 1.29 is 0 Å². The largest absolute Gasteiger partial charge is 0.332 e. The molecule has 3 rings (SSSR count). The number of hydrogen-bond donors (Lipinski definition) is 1. The molecule has 3 heteroatoms. The van der Waals surface area contributed by atoms with Gasteiger partial charge in [-0.15, -0.1) is 0 Å². The number of fused-ring (bicyclic) bond motifs is 1. The standard InChI is InChI=1S/C16H27N3/c17-11-6-9-14-15-10-4-5-12-19(15)16(18-14)13-7-2-1-3-8-13/h13H,1-12,17H2. The molecule has 2 aliphatic rings. The second-order valence-electron chi connectivity index (χ2n) is 6.20. The summed E-state index contributed by atoms with van der Waals surface area (Å²) in [6.07, 6.45) is 13.0. The fourth-order valence-corrected chi connectivity index (χ4v) is 3.79. The third kappa shape index (κ3) is 2.71. The Balaban J connectivity index is 1.87. The van der Waals surface area contributed by atoms with Crippen molar-refractivity contribution in [1.29, 1.82) is 0 Å². The average molecular weight is 261 g/mol. The molecular formula is C16H27N3. The lowest BCUT2D eigenvalue weighted by Gasteiger charge is -2.24. The third-order valence-electron chi connectivity index (χ3n) is 4.82. The van der Waals surface area contributed by atoms with Crippen LogP contribution >= 0.6 is 0 Å². The molecule has 3 nitrogen and oxygen atoms in total. The fraction of sp³-hybridized carbons (Fsp3) is 0.812. The Kier molecular flexibility index (Phi) is 4.21. The summed E-state index contributed by atoms with van der Waals surface area (Å²) >= 11 is 0. The summed E-state index contributed by atoms with van der Waals surface area (Å²) in [6.45, 7) is 1.99. The van der Waals surface area contributed by atoms with Crippen LogP contribution in [0.4, 0.5) is 0 Å². The summed E-state index contributed by atoms with van der Waals surface area (Å²) in [4.78, 5) is 5.06. The third-order valence-corrected chi connectivity index (χ3v) is 4.82. The summed E-state index contributed by atoms with van der Waals surface area (Å²) in [6, 6.07) is 0. The molecule has 0 bridgehead atoms. The smallest absolute Gasteiger partial charge is 0.112 e. The molecule has 1 aromatic heterocycles. The van der Waals surface area contributed by atoms with Crippen molar-refractivity contribution in [2.75, 3.05) is 6.54 Å². The van der Waals surface area contributed by atoms with Crippen molar-refractivity contribution in [2.24, 2.45) is 5.73 Å². The van der Waals surface area contributed by atoms with E-state index in [2.05, 4.69) is 4.57 Å². The van der Waals surface area contributed by atoms with Crippen LogP contribution in [0.1, 0.15) is 74.5 Å². The molecular weight excluding hydrogens is 234 g/mol. The van der Waals surface area contributed by atoms with Crippen LogP contribution in [-0.2, 0) is 19.4 Å². The van der Waals surface area contributed by atoms with Crippen LogP contribution in [-0.4, -0.2) is 16.1 Å². The monoisotopic (exact) mass is 261 g/mol. The zero-order valence-corrected chi connectivity index (χ0v) is 12.0. The molecule has 106 valence electrons. The molecule has 1 aromatic rings. The first-order valence-electron chi connectivity index (χ1n) is 8.18. The quantitative estimate of drug-likeness (QED) is 0.904. The second kappa shape index (κ2) is 6.08. The SMILES string of the molecule is NCCCc1nc(C2CCCCC2)n2c1CCCC2. The van der Waals surface area contributed by atoms with E-state index < -0.39 is 0 Å². The molecule has 2 N–H and O–H groups in total. The van der Waals surface area contributed by atoms with Crippen molar-refractivity contribution >= 4 is 0 Å². The van der Waals surface area contributed by atoms with Crippen LogP contribution in [0.5, 0.6) is 0 Å². The predicted molar refractivity (Wildman–Crippen MR) is 78.4 cm³/mol. The first kappa shape index (κ1) is 13.2. The van der Waals surface area contributed by atoms with Crippen LogP contribution in [0.15, 0.2) is 0 Å². The first-order chi connectivity index (χ1) is 9.40. The van der Waals surface area contributed by atoms with Gasteiger partial charge in [0.1, 0.15) is 5.82 Å². The summed E-state index contributed by atoms with van der Waals surface area (Å²) < 4.78 is 2.57. The molecule has 0 unspecified atom stereocenters. The van der Waals surface area contributed by atoms with Gasteiger partial charge in [-0.1, -0.05) is 19.3 Å². The molecule has 0 spiro atoms. The summed E-state index contributed by atoms with van der Waals surface area (Å²) in [7, 11) is 0. The van der Waals surface area contributed by atoms with Gasteiger partial charge >= 0.3 is 0 Å². The van der Waals surface area contributed by atoms with E-state index in [4.69, 9.17) is 10.7 Å². The van der Waals surface area contributed by atoms with Crippen LogP contribution < -0.4 is 5.73 Å². The van der Waals surface area contributed by atoms with Gasteiger partial charge in [0.05, 0.1) is 5.69 Å².